The molecule has 0 atom stereocenters. The highest BCUT2D eigenvalue weighted by molar-refractivity contribution is 6.11. The summed E-state index contributed by atoms with van der Waals surface area (Å²) in [5.41, 5.74) is 17.0. The van der Waals surface area contributed by atoms with E-state index in [0.29, 0.717) is 16.7 Å². The Morgan fingerprint density at radius 1 is 0.333 bits per heavy atom. The third-order valence-corrected chi connectivity index (χ3v) is 14.9. The monoisotopic (exact) mass is 924 g/mol. The van der Waals surface area contributed by atoms with Gasteiger partial charge in [-0.05, 0) is 190 Å². The zero-order valence-electron chi connectivity index (χ0n) is 47.6. The quantitative estimate of drug-likeness (QED) is 0.177. The molecule has 0 N–H and O–H groups in total. The maximum Gasteiger partial charge on any atom is 0.143 e. The predicted octanol–water partition coefficient (Wildman–Crippen LogP) is 19.3. The first-order chi connectivity index (χ1) is 39.0. The number of furan rings is 1. The van der Waals surface area contributed by atoms with Crippen molar-refractivity contribution in [2.75, 3.05) is 0 Å². The summed E-state index contributed by atoms with van der Waals surface area (Å²) in [7, 11) is 0. The number of hydrogen-bond donors (Lipinski definition) is 0. The molecule has 2 aliphatic carbocycles. The number of rotatable bonds is 3. The van der Waals surface area contributed by atoms with E-state index < -0.39 is 26.1 Å². The number of aryl methyl sites for hydroxylation is 2. The second-order valence-electron chi connectivity index (χ2n) is 18.7. The summed E-state index contributed by atoms with van der Waals surface area (Å²) in [5, 5.41) is 12.2. The van der Waals surface area contributed by atoms with Gasteiger partial charge >= 0.3 is 0 Å². The Bertz CT molecular complexity index is 4680. The van der Waals surface area contributed by atoms with E-state index >= 15 is 0 Å². The lowest BCUT2D eigenvalue weighted by Crippen LogP contribution is -2.00. The molecule has 14 rings (SSSR count). The molecular weight excluding hydrogens is 871 g/mol. The van der Waals surface area contributed by atoms with Crippen molar-refractivity contribution in [2.24, 2.45) is 0 Å². The van der Waals surface area contributed by atoms with Gasteiger partial charge in [0.25, 0.3) is 0 Å². The topological polar surface area (TPSA) is 36.9 Å². The molecular formula is C70H45NO. The number of para-hydroxylation sites is 2. The van der Waals surface area contributed by atoms with E-state index in [1.54, 1.807) is 18.2 Å². The van der Waals surface area contributed by atoms with Gasteiger partial charge in [0.05, 0.1) is 11.6 Å². The van der Waals surface area contributed by atoms with Crippen molar-refractivity contribution in [3.63, 3.8) is 0 Å². The number of hydrogen-bond acceptors (Lipinski definition) is 2. The first-order valence-corrected chi connectivity index (χ1v) is 24.0. The third kappa shape index (κ3) is 6.28. The fraction of sp³-hybridized carbons (Fsp3) is 0.0429. The summed E-state index contributed by atoms with van der Waals surface area (Å²) in [4.78, 5) is 0. The highest BCUT2D eigenvalue weighted by Crippen LogP contribution is 2.52. The first kappa shape index (κ1) is 33.3. The molecule has 0 radical (unpaired) electrons. The van der Waals surface area contributed by atoms with Crippen LogP contribution in [0.4, 0.5) is 0 Å². The lowest BCUT2D eigenvalue weighted by molar-refractivity contribution is 0.670. The summed E-state index contributed by atoms with van der Waals surface area (Å²) in [6, 6.07) is 72.9. The maximum absolute atomic E-state index is 10.2. The van der Waals surface area contributed by atoms with Crippen molar-refractivity contribution in [3.8, 4) is 128 Å². The van der Waals surface area contributed by atoms with Gasteiger partial charge in [-0.2, -0.15) is 5.26 Å². The second-order valence-corrected chi connectivity index (χ2v) is 18.7. The van der Waals surface area contributed by atoms with E-state index in [9.17, 15) is 9.37 Å². The van der Waals surface area contributed by atoms with Crippen LogP contribution in [0.15, 0.2) is 223 Å². The van der Waals surface area contributed by atoms with Crippen LogP contribution >= 0.6 is 0 Å². The van der Waals surface area contributed by atoms with Crippen LogP contribution in [0.2, 0.25) is 0 Å². The van der Waals surface area contributed by atoms with E-state index in [0.717, 1.165) is 117 Å². The number of benzene rings is 11. The molecule has 0 aliphatic heterocycles. The summed E-state index contributed by atoms with van der Waals surface area (Å²) in [6.07, 6.45) is 0. The average molecular weight is 925 g/mol. The van der Waals surface area contributed by atoms with Crippen LogP contribution < -0.4 is 0 Å². The minimum atomic E-state index is -3.06. The Morgan fingerprint density at radius 2 is 0.722 bits per heavy atom. The zero-order chi connectivity index (χ0) is 55.7. The molecule has 0 amide bonds. The molecule has 12 aromatic rings. The van der Waals surface area contributed by atoms with Gasteiger partial charge in [-0.1, -0.05) is 182 Å². The summed E-state index contributed by atoms with van der Waals surface area (Å²) >= 11 is 0. The molecule has 11 aromatic carbocycles. The summed E-state index contributed by atoms with van der Waals surface area (Å²) in [6.45, 7) is -9.00. The normalized spacial score (nSPS) is 14.2. The van der Waals surface area contributed by atoms with Crippen LogP contribution in [-0.2, 0) is 0 Å². The van der Waals surface area contributed by atoms with Gasteiger partial charge < -0.3 is 4.42 Å². The minimum Gasteiger partial charge on any atom is -0.455 e. The Morgan fingerprint density at radius 3 is 1.22 bits per heavy atom. The molecule has 0 unspecified atom stereocenters. The standard InChI is InChI=1S/C70H45NO/c1-41-35-42(2)69(47-29-33-57-53-19-5-4-15-49(53)50-16-6-9-20-54(50)63-36-44(40-71)27-31-60(63)66(57)39-47)43(3)68(41)46-30-34-59-58-32-28-45(48-24-14-25-62-61-23-12-13-26-67(61)72-70(48)62)37-64(58)55-21-10-7-17-51(55)52-18-8-11-22-56(52)65(59)38-46/h4-39H,1-3H3/i1D3,2D3,3D3. The van der Waals surface area contributed by atoms with Crippen molar-refractivity contribution in [2.45, 2.75) is 20.6 Å². The molecule has 72 heavy (non-hydrogen) atoms. The molecule has 0 saturated heterocycles. The lowest BCUT2D eigenvalue weighted by atomic mass is 9.78. The van der Waals surface area contributed by atoms with E-state index in [1.165, 1.54) is 6.07 Å². The second kappa shape index (κ2) is 16.1. The van der Waals surface area contributed by atoms with Gasteiger partial charge in [0.1, 0.15) is 11.2 Å². The van der Waals surface area contributed by atoms with Gasteiger partial charge in [-0.25, -0.2) is 0 Å². The fourth-order valence-electron chi connectivity index (χ4n) is 11.6. The molecule has 2 heteroatoms. The van der Waals surface area contributed by atoms with E-state index in [4.69, 9.17) is 12.6 Å². The maximum atomic E-state index is 10.2. The average Bonchev–Trinajstić information content (AvgIpc) is 4.00. The van der Waals surface area contributed by atoms with Crippen molar-refractivity contribution in [1.82, 2.24) is 0 Å². The van der Waals surface area contributed by atoms with Crippen LogP contribution in [0.25, 0.3) is 144 Å². The Hall–Kier alpha value is -9.29. The number of nitriles is 1. The molecule has 0 bridgehead atoms. The van der Waals surface area contributed by atoms with Crippen LogP contribution in [0.3, 0.4) is 0 Å². The van der Waals surface area contributed by atoms with Gasteiger partial charge in [0, 0.05) is 28.7 Å². The Kier molecular flexibility index (Phi) is 7.46. The predicted molar refractivity (Wildman–Crippen MR) is 300 cm³/mol. The molecule has 2 nitrogen and oxygen atoms in total. The van der Waals surface area contributed by atoms with Crippen LogP contribution in [-0.4, -0.2) is 0 Å². The molecule has 0 spiro atoms. The molecule has 0 fully saturated rings. The number of nitrogens with zero attached hydrogens (tertiary/aromatic N) is 1. The Balaban J connectivity index is 1.04. The molecule has 1 aromatic heterocycles. The van der Waals surface area contributed by atoms with Crippen LogP contribution in [0.5, 0.6) is 0 Å². The van der Waals surface area contributed by atoms with Crippen molar-refractivity contribution < 1.29 is 16.8 Å². The Labute approximate surface area is 432 Å². The lowest BCUT2D eigenvalue weighted by Gasteiger charge is -2.26. The fourth-order valence-corrected chi connectivity index (χ4v) is 11.6. The summed E-state index contributed by atoms with van der Waals surface area (Å²) in [5.74, 6) is 0. The minimum absolute atomic E-state index is 0.0830. The van der Waals surface area contributed by atoms with Gasteiger partial charge in [-0.15, -0.1) is 0 Å². The van der Waals surface area contributed by atoms with Gasteiger partial charge in [0.15, 0.2) is 0 Å². The summed E-state index contributed by atoms with van der Waals surface area (Å²) < 4.78 is 89.6. The van der Waals surface area contributed by atoms with Crippen molar-refractivity contribution in [1.29, 1.82) is 5.26 Å². The molecule has 1 heterocycles. The highest BCUT2D eigenvalue weighted by Gasteiger charge is 2.27. The molecule has 336 valence electrons. The first-order valence-electron chi connectivity index (χ1n) is 28.5. The number of fused-ring (bicyclic) bond motifs is 19. The van der Waals surface area contributed by atoms with Crippen molar-refractivity contribution >= 4 is 21.9 Å². The van der Waals surface area contributed by atoms with Crippen molar-refractivity contribution in [3.05, 3.63) is 241 Å². The smallest absolute Gasteiger partial charge is 0.143 e. The third-order valence-electron chi connectivity index (χ3n) is 14.9. The molecule has 0 saturated carbocycles. The highest BCUT2D eigenvalue weighted by atomic mass is 16.3. The van der Waals surface area contributed by atoms with Crippen LogP contribution in [0, 0.1) is 31.9 Å². The largest absolute Gasteiger partial charge is 0.455 e. The van der Waals surface area contributed by atoms with E-state index in [2.05, 4.69) is 66.7 Å². The van der Waals surface area contributed by atoms with E-state index in [1.807, 2.05) is 133 Å². The molecule has 2 aliphatic rings. The van der Waals surface area contributed by atoms with Gasteiger partial charge in [-0.3, -0.25) is 0 Å². The van der Waals surface area contributed by atoms with Gasteiger partial charge in [0.2, 0.25) is 0 Å². The SMILES string of the molecule is [2H]C([2H])([2H])c1cc(C([2H])([2H])[2H])c(-c2ccc3c(c2)-c2ccc(C#N)cc2-c2ccccc2-c2ccccc2-3)c(C([2H])([2H])[2H])c1-c1ccc2c(c1)-c1ccccc1-c1ccccc1-c1cc(-c3cccc4c3oc3ccccc34)ccc1-2. The van der Waals surface area contributed by atoms with Crippen LogP contribution in [0.1, 0.15) is 34.6 Å². The van der Waals surface area contributed by atoms with E-state index in [-0.39, 0.29) is 27.8 Å². The zero-order valence-corrected chi connectivity index (χ0v) is 38.6.